The van der Waals surface area contributed by atoms with Crippen molar-refractivity contribution in [3.8, 4) is 0 Å². The molecule has 1 unspecified atom stereocenters. The molecule has 2 aliphatic carbocycles. The molecule has 1 aromatic carbocycles. The molecule has 196 valence electrons. The van der Waals surface area contributed by atoms with E-state index in [1.807, 2.05) is 4.90 Å². The number of hydrogen-bond acceptors (Lipinski definition) is 8. The lowest BCUT2D eigenvalue weighted by Crippen LogP contribution is -2.60. The third-order valence-corrected chi connectivity index (χ3v) is 8.91. The second-order valence-corrected chi connectivity index (χ2v) is 11.3. The molecule has 1 saturated heterocycles. The number of nitrogens with zero attached hydrogens (tertiary/aromatic N) is 6. The average molecular weight is 498 g/mol. The Bertz CT molecular complexity index is 1060. The highest BCUT2D eigenvalue weighted by molar-refractivity contribution is 5.73. The summed E-state index contributed by atoms with van der Waals surface area (Å²) in [5.41, 5.74) is 6.27. The van der Waals surface area contributed by atoms with E-state index < -0.39 is 17.9 Å². The number of primary amides is 1. The van der Waals surface area contributed by atoms with Crippen LogP contribution in [0.4, 0.5) is 0 Å². The minimum Gasteiger partial charge on any atom is -0.389 e. The summed E-state index contributed by atoms with van der Waals surface area (Å²) >= 11 is 0. The van der Waals surface area contributed by atoms with Crippen molar-refractivity contribution in [1.82, 2.24) is 29.7 Å². The third kappa shape index (κ3) is 4.56. The van der Waals surface area contributed by atoms with Crippen LogP contribution in [0.1, 0.15) is 56.2 Å². The lowest BCUT2D eigenvalue weighted by Gasteiger charge is -2.53. The van der Waals surface area contributed by atoms with Gasteiger partial charge in [0.05, 0.1) is 17.5 Å². The predicted molar refractivity (Wildman–Crippen MR) is 134 cm³/mol. The van der Waals surface area contributed by atoms with E-state index >= 15 is 0 Å². The van der Waals surface area contributed by atoms with E-state index in [1.54, 1.807) is 6.20 Å². The summed E-state index contributed by atoms with van der Waals surface area (Å²) in [5, 5.41) is 30.8. The Kier molecular flexibility index (Phi) is 6.67. The molecular formula is C26H39N7O3. The lowest BCUT2D eigenvalue weighted by molar-refractivity contribution is -0.145. The number of rotatable bonds is 8. The molecule has 5 rings (SSSR count). The molecule has 10 heteroatoms. The van der Waals surface area contributed by atoms with Gasteiger partial charge in [-0.05, 0) is 64.6 Å². The number of benzene rings is 1. The number of carbonyl (C=O) groups excluding carboxylic acids is 1. The van der Waals surface area contributed by atoms with Crippen LogP contribution in [0.25, 0.3) is 0 Å². The van der Waals surface area contributed by atoms with Gasteiger partial charge in [-0.15, -0.1) is 5.10 Å². The molecule has 2 aromatic rings. The Morgan fingerprint density at radius 2 is 1.83 bits per heavy atom. The van der Waals surface area contributed by atoms with Gasteiger partial charge in [0.2, 0.25) is 5.91 Å². The lowest BCUT2D eigenvalue weighted by atomic mass is 9.67. The van der Waals surface area contributed by atoms with Crippen molar-refractivity contribution in [1.29, 1.82) is 0 Å². The topological polar surface area (TPSA) is 124 Å². The maximum Gasteiger partial charge on any atom is 0.239 e. The van der Waals surface area contributed by atoms with Crippen LogP contribution in [0.5, 0.6) is 0 Å². The van der Waals surface area contributed by atoms with Crippen LogP contribution in [0.3, 0.4) is 0 Å². The highest BCUT2D eigenvalue weighted by atomic mass is 16.3. The molecule has 0 bridgehead atoms. The first-order valence-electron chi connectivity index (χ1n) is 13.0. The zero-order chi connectivity index (χ0) is 25.6. The van der Waals surface area contributed by atoms with Crippen molar-refractivity contribution >= 4 is 5.91 Å². The highest BCUT2D eigenvalue weighted by Gasteiger charge is 2.56. The summed E-state index contributed by atoms with van der Waals surface area (Å²) in [6.07, 6.45) is 7.23. The molecule has 3 aliphatic rings. The van der Waals surface area contributed by atoms with Gasteiger partial charge in [-0.25, -0.2) is 4.68 Å². The minimum absolute atomic E-state index is 0.0231. The predicted octanol–water partition coefficient (Wildman–Crippen LogP) is 0.842. The van der Waals surface area contributed by atoms with Crippen molar-refractivity contribution < 1.29 is 15.0 Å². The molecule has 3 fully saturated rings. The van der Waals surface area contributed by atoms with Crippen LogP contribution in [-0.2, 0) is 23.4 Å². The van der Waals surface area contributed by atoms with Crippen molar-refractivity contribution in [3.63, 3.8) is 0 Å². The highest BCUT2D eigenvalue weighted by Crippen LogP contribution is 2.50. The number of aromatic nitrogens is 3. The van der Waals surface area contributed by atoms with Crippen LogP contribution in [-0.4, -0.2) is 90.5 Å². The summed E-state index contributed by atoms with van der Waals surface area (Å²) in [6, 6.07) is 10.7. The van der Waals surface area contributed by atoms with Gasteiger partial charge >= 0.3 is 0 Å². The van der Waals surface area contributed by atoms with Crippen molar-refractivity contribution in [2.24, 2.45) is 5.73 Å². The molecule has 0 radical (unpaired) electrons. The monoisotopic (exact) mass is 497 g/mol. The van der Waals surface area contributed by atoms with Crippen LogP contribution in [0.15, 0.2) is 36.5 Å². The van der Waals surface area contributed by atoms with Crippen LogP contribution >= 0.6 is 0 Å². The third-order valence-electron chi connectivity index (χ3n) is 8.91. The van der Waals surface area contributed by atoms with Crippen LogP contribution in [0.2, 0.25) is 0 Å². The molecule has 10 nitrogen and oxygen atoms in total. The standard InChI is InChI=1S/C26H39N7O3/c1-30(2)26(20-7-4-3-5-8-20)13-11-24(12-14-26)18-31(15-21-16-32(29-28-21)17-22(27)34)23(35)33(24)19-25(36)9-6-10-25/h3-5,7-8,16,23,35-36H,6,9-15,17-19H2,1-2H3,(H2,27,34). The second kappa shape index (κ2) is 9.50. The van der Waals surface area contributed by atoms with E-state index in [4.69, 9.17) is 5.73 Å². The molecule has 1 amide bonds. The van der Waals surface area contributed by atoms with Crippen molar-refractivity contribution in [3.05, 3.63) is 47.8 Å². The minimum atomic E-state index is -0.820. The second-order valence-electron chi connectivity index (χ2n) is 11.3. The molecule has 1 atom stereocenters. The van der Waals surface area contributed by atoms with Gasteiger partial charge in [-0.1, -0.05) is 35.5 Å². The quantitative estimate of drug-likeness (QED) is 0.490. The Labute approximate surface area is 212 Å². The smallest absolute Gasteiger partial charge is 0.239 e. The number of carbonyl (C=O) groups is 1. The maximum atomic E-state index is 11.5. The zero-order valence-corrected chi connectivity index (χ0v) is 21.4. The number of β-amino-alcohol motifs (C(OH)–C–C–N with tert-alkyl or cyclic N) is 1. The normalized spacial score (nSPS) is 30.6. The number of aliphatic hydroxyl groups is 2. The average Bonchev–Trinajstić information content (AvgIpc) is 3.36. The van der Waals surface area contributed by atoms with E-state index in [-0.39, 0.29) is 17.6 Å². The maximum absolute atomic E-state index is 11.5. The molecule has 1 aliphatic heterocycles. The number of nitrogens with two attached hydrogens (primary N) is 1. The van der Waals surface area contributed by atoms with Gasteiger partial charge in [-0.2, -0.15) is 0 Å². The fraction of sp³-hybridized carbons (Fsp3) is 0.654. The zero-order valence-electron chi connectivity index (χ0n) is 21.4. The first-order chi connectivity index (χ1) is 17.1. The van der Waals surface area contributed by atoms with Crippen molar-refractivity contribution in [2.45, 2.75) is 81.1 Å². The van der Waals surface area contributed by atoms with Crippen molar-refractivity contribution in [2.75, 3.05) is 27.2 Å². The first kappa shape index (κ1) is 25.3. The molecule has 1 aromatic heterocycles. The van der Waals surface area contributed by atoms with Gasteiger partial charge in [-0.3, -0.25) is 19.5 Å². The van der Waals surface area contributed by atoms with Gasteiger partial charge < -0.3 is 15.9 Å². The molecule has 2 heterocycles. The summed E-state index contributed by atoms with van der Waals surface area (Å²) in [6.45, 7) is 1.55. The number of hydrogen-bond donors (Lipinski definition) is 3. The van der Waals surface area contributed by atoms with E-state index in [0.717, 1.165) is 44.9 Å². The fourth-order valence-electron chi connectivity index (χ4n) is 6.61. The largest absolute Gasteiger partial charge is 0.389 e. The van der Waals surface area contributed by atoms with E-state index in [0.29, 0.717) is 25.3 Å². The molecule has 36 heavy (non-hydrogen) atoms. The number of amides is 1. The van der Waals surface area contributed by atoms with E-state index in [2.05, 4.69) is 64.5 Å². The Morgan fingerprint density at radius 1 is 1.14 bits per heavy atom. The summed E-state index contributed by atoms with van der Waals surface area (Å²) in [5.74, 6) is -0.475. The van der Waals surface area contributed by atoms with E-state index in [1.165, 1.54) is 10.2 Å². The van der Waals surface area contributed by atoms with Gasteiger partial charge in [0, 0.05) is 30.7 Å². The Morgan fingerprint density at radius 3 is 2.42 bits per heavy atom. The van der Waals surface area contributed by atoms with E-state index in [9.17, 15) is 15.0 Å². The Balaban J connectivity index is 1.38. The summed E-state index contributed by atoms with van der Waals surface area (Å²) in [7, 11) is 4.32. The molecule has 1 spiro atoms. The Hall–Kier alpha value is -2.37. The summed E-state index contributed by atoms with van der Waals surface area (Å²) in [4.78, 5) is 17.8. The molecule has 4 N–H and O–H groups in total. The van der Waals surface area contributed by atoms with Crippen LogP contribution in [0, 0.1) is 0 Å². The van der Waals surface area contributed by atoms with Crippen LogP contribution < -0.4 is 5.73 Å². The SMILES string of the molecule is CN(C)C1(c2ccccc2)CCC2(CC1)CN(Cc1cn(CC(N)=O)nn1)C(O)N2CC1(O)CCC1. The molecule has 2 saturated carbocycles. The van der Waals surface area contributed by atoms with Gasteiger partial charge in [0.25, 0.3) is 0 Å². The fourth-order valence-corrected chi connectivity index (χ4v) is 6.61. The van der Waals surface area contributed by atoms with Gasteiger partial charge in [0.1, 0.15) is 6.54 Å². The van der Waals surface area contributed by atoms with Gasteiger partial charge in [0.15, 0.2) is 6.35 Å². The number of aliphatic hydroxyl groups excluding tert-OH is 1. The first-order valence-corrected chi connectivity index (χ1v) is 13.0. The summed E-state index contributed by atoms with van der Waals surface area (Å²) < 4.78 is 1.43. The molecular weight excluding hydrogens is 458 g/mol.